The van der Waals surface area contributed by atoms with E-state index >= 15 is 0 Å². The van der Waals surface area contributed by atoms with Crippen LogP contribution in [0.4, 0.5) is 26.3 Å². The first-order valence-corrected chi connectivity index (χ1v) is 44.8. The van der Waals surface area contributed by atoms with Crippen molar-refractivity contribution in [2.75, 3.05) is 67.7 Å². The SMILES string of the molecule is CC(C)CC1CCOCC1.CC(C)CCC(=O)N(C)C.CC(C)CCC(F)(F)F.CC(C)CCC(F)F.CC(C)CCF.CC(C)Cc1cccnc1.CC(C)c1cccnc1.CCCCC(C)C.CCOC(C)(C)C(C)C.CCSC(C)(C)C(C)C.COC(=O)CC(C)C.COC(=O)CCCCC(C)C.COC(C)(C)C(C)C. The van der Waals surface area contributed by atoms with E-state index in [1.807, 2.05) is 91.0 Å². The summed E-state index contributed by atoms with van der Waals surface area (Å²) < 4.78 is 93.7. The molecule has 1 aliphatic heterocycles. The van der Waals surface area contributed by atoms with Crippen LogP contribution in [-0.2, 0) is 44.5 Å². The fourth-order valence-corrected chi connectivity index (χ4v) is 9.47. The lowest BCUT2D eigenvalue weighted by molar-refractivity contribution is -0.142. The van der Waals surface area contributed by atoms with E-state index in [9.17, 15) is 40.7 Å². The molecule has 0 aromatic carbocycles. The highest BCUT2D eigenvalue weighted by atomic mass is 32.2. The number of esters is 2. The molecule has 1 aliphatic rings. The van der Waals surface area contributed by atoms with E-state index in [1.54, 1.807) is 46.1 Å². The first-order chi connectivity index (χ1) is 52.3. The van der Waals surface area contributed by atoms with E-state index in [0.29, 0.717) is 78.3 Å². The summed E-state index contributed by atoms with van der Waals surface area (Å²) in [5, 5.41) is 0. The standard InChI is InChI=1S/C9H13N.C9H18O2.C9H18O.C8H17NO.C8H11N.C8H18O.C8H18S.C7H16O.C7H16.C6H11F3.C6H12F2.C6H12O2.C5H11F/c1-8(2)6-9-4-3-5-10-7-9;1-8(2)6-4-5-7-9(10)11-3;1-8(2)7-9-3-5-10-6-4-9;1-7(2)5-6-8(10)9(3)4;1-7(2)8-4-3-5-9-6-8;2*1-6-9-8(4,5)7(2)3;1-6(2)7(3,4)8-5;1-4-5-6-7(2)3;1-5(2)3-4-6(7,8)9;1-5(2)3-4-6(7)8;1-5(2)4-6(7)8-3;1-5(2)3-4-6/h3-5,7-8H,6H2,1-2H3;8H,4-7H2,1-3H3;8-9H,3-7H2,1-2H3;7H,5-6H2,1-4H3;3-7H,1-2H3;2*7H,6H2,1-5H3;6H,1-5H3;7H,4-6H2,1-3H3;5H,3-4H2,1-2H3;5-6H,3-4H2,1-2H3;5H,4H2,1-3H3;5H,3-4H2,1-2H3. The molecule has 2 aromatic heterocycles. The minimum absolute atomic E-state index is 0.0417. The van der Waals surface area contributed by atoms with Gasteiger partial charge in [-0.1, -0.05) is 252 Å². The Kier molecular flexibility index (Phi) is 97.3. The van der Waals surface area contributed by atoms with Gasteiger partial charge in [0.25, 0.3) is 0 Å². The second-order valence-corrected chi connectivity index (χ2v) is 38.3. The van der Waals surface area contributed by atoms with Crippen LogP contribution in [0, 0.1) is 76.9 Å². The normalized spacial score (nSPS) is 12.0. The van der Waals surface area contributed by atoms with E-state index < -0.39 is 19.0 Å². The number of carbonyl (C=O) groups excluding carboxylic acids is 3. The Hall–Kier alpha value is -3.48. The first kappa shape index (κ1) is 131. The predicted molar refractivity (Wildman–Crippen MR) is 487 cm³/mol. The molecule has 0 aliphatic carbocycles. The number of ether oxygens (including phenoxy) is 5. The smallest absolute Gasteiger partial charge is 0.389 e. The molecule has 0 saturated carbocycles. The van der Waals surface area contributed by atoms with Gasteiger partial charge in [0.2, 0.25) is 12.3 Å². The summed E-state index contributed by atoms with van der Waals surface area (Å²) in [6.07, 6.45) is 17.7. The van der Waals surface area contributed by atoms with Gasteiger partial charge in [-0.3, -0.25) is 28.7 Å². The molecule has 0 unspecified atom stereocenters. The molecular weight excluding hydrogens is 1470 g/mol. The van der Waals surface area contributed by atoms with Gasteiger partial charge in [-0.05, 0) is 204 Å². The molecule has 0 bridgehead atoms. The molecule has 1 fully saturated rings. The van der Waals surface area contributed by atoms with Crippen molar-refractivity contribution in [2.24, 2.45) is 76.9 Å². The van der Waals surface area contributed by atoms with Crippen LogP contribution in [0.3, 0.4) is 0 Å². The van der Waals surface area contributed by atoms with Crippen molar-refractivity contribution in [1.82, 2.24) is 14.9 Å². The van der Waals surface area contributed by atoms with Gasteiger partial charge >= 0.3 is 18.1 Å². The summed E-state index contributed by atoms with van der Waals surface area (Å²) >= 11 is 2.04. The van der Waals surface area contributed by atoms with Crippen molar-refractivity contribution >= 4 is 29.6 Å². The molecule has 18 heteroatoms. The van der Waals surface area contributed by atoms with E-state index in [1.165, 1.54) is 76.0 Å². The van der Waals surface area contributed by atoms with Gasteiger partial charge < -0.3 is 28.6 Å². The molecule has 1 saturated heterocycles. The number of halogens is 6. The van der Waals surface area contributed by atoms with Crippen molar-refractivity contribution in [3.63, 3.8) is 0 Å². The molecule has 114 heavy (non-hydrogen) atoms. The molecule has 11 nitrogen and oxygen atoms in total. The monoisotopic (exact) mass is 1660 g/mol. The minimum atomic E-state index is -3.97. The third-order valence-corrected chi connectivity index (χ3v) is 19.8. The Labute approximate surface area is 708 Å². The number of alkyl halides is 6. The fourth-order valence-electron chi connectivity index (χ4n) is 8.39. The highest BCUT2D eigenvalue weighted by molar-refractivity contribution is 8.00. The number of rotatable bonds is 33. The van der Waals surface area contributed by atoms with Crippen molar-refractivity contribution < 1.29 is 64.4 Å². The molecule has 3 rings (SSSR count). The van der Waals surface area contributed by atoms with E-state index in [-0.39, 0.29) is 54.5 Å². The molecule has 0 radical (unpaired) electrons. The summed E-state index contributed by atoms with van der Waals surface area (Å²) in [7, 11) is 8.18. The number of unbranched alkanes of at least 4 members (excludes halogenated alkanes) is 2. The van der Waals surface area contributed by atoms with Gasteiger partial charge in [-0.25, -0.2) is 8.78 Å². The van der Waals surface area contributed by atoms with Gasteiger partial charge in [-0.15, -0.1) is 0 Å². The highest BCUT2D eigenvalue weighted by Gasteiger charge is 2.27. The highest BCUT2D eigenvalue weighted by Crippen LogP contribution is 2.32. The van der Waals surface area contributed by atoms with Gasteiger partial charge in [0.1, 0.15) is 0 Å². The summed E-state index contributed by atoms with van der Waals surface area (Å²) in [5.74, 6) is 10.1. The van der Waals surface area contributed by atoms with E-state index in [0.717, 1.165) is 81.0 Å². The van der Waals surface area contributed by atoms with Gasteiger partial charge in [0.05, 0.1) is 32.1 Å². The summed E-state index contributed by atoms with van der Waals surface area (Å²) in [6.45, 7) is 77.4. The van der Waals surface area contributed by atoms with Gasteiger partial charge in [0.15, 0.2) is 0 Å². The van der Waals surface area contributed by atoms with Crippen LogP contribution < -0.4 is 0 Å². The van der Waals surface area contributed by atoms with E-state index in [2.05, 4.69) is 212 Å². The van der Waals surface area contributed by atoms with Crippen LogP contribution >= 0.6 is 11.8 Å². The van der Waals surface area contributed by atoms with Crippen molar-refractivity contribution in [3.05, 3.63) is 60.2 Å². The summed E-state index contributed by atoms with van der Waals surface area (Å²) in [5.41, 5.74) is 2.73. The van der Waals surface area contributed by atoms with Crippen LogP contribution in [0.25, 0.3) is 0 Å². The number of hydrogen-bond donors (Lipinski definition) is 0. The number of thioether (sulfide) groups is 1. The van der Waals surface area contributed by atoms with Crippen LogP contribution in [-0.4, -0.2) is 129 Å². The maximum Gasteiger partial charge on any atom is 0.389 e. The average Bonchev–Trinajstić information content (AvgIpc) is 0.888. The maximum absolute atomic E-state index is 11.4. The number of carbonyl (C=O) groups is 3. The Morgan fingerprint density at radius 3 is 1.22 bits per heavy atom. The number of hydrogen-bond acceptors (Lipinski definition) is 11. The number of amides is 1. The lowest BCUT2D eigenvalue weighted by Crippen LogP contribution is -2.30. The molecule has 2 aromatic rings. The second kappa shape index (κ2) is 84.5. The summed E-state index contributed by atoms with van der Waals surface area (Å²) in [4.78, 5) is 41.7. The second-order valence-electron chi connectivity index (χ2n) is 36.4. The fraction of sp³-hybridized carbons (Fsp3) is 0.865. The topological polar surface area (TPSA) is 126 Å². The molecule has 0 spiro atoms. The Bertz CT molecular complexity index is 2250. The average molecular weight is 1660 g/mol. The molecule has 3 heterocycles. The number of methoxy groups -OCH3 is 3. The van der Waals surface area contributed by atoms with Crippen molar-refractivity contribution in [2.45, 2.75) is 399 Å². The Morgan fingerprint density at radius 1 is 0.535 bits per heavy atom. The molecule has 686 valence electrons. The first-order valence-electron chi connectivity index (χ1n) is 43.8. The Morgan fingerprint density at radius 2 is 0.991 bits per heavy atom. The van der Waals surface area contributed by atoms with Crippen LogP contribution in [0.1, 0.15) is 375 Å². The molecule has 0 N–H and O–H groups in total. The lowest BCUT2D eigenvalue weighted by Gasteiger charge is -2.28. The van der Waals surface area contributed by atoms with Crippen LogP contribution in [0.15, 0.2) is 49.1 Å². The quantitative estimate of drug-likeness (QED) is 0.0385. The number of aromatic nitrogens is 2. The predicted octanol–water partition coefficient (Wildman–Crippen LogP) is 30.2. The van der Waals surface area contributed by atoms with Crippen LogP contribution in [0.2, 0.25) is 0 Å². The maximum atomic E-state index is 11.4. The zero-order valence-corrected chi connectivity index (χ0v) is 82.8. The zero-order valence-electron chi connectivity index (χ0n) is 82.0. The van der Waals surface area contributed by atoms with Gasteiger partial charge in [0, 0.05) is 103 Å². The van der Waals surface area contributed by atoms with E-state index in [4.69, 9.17) is 14.2 Å². The van der Waals surface area contributed by atoms with Crippen molar-refractivity contribution in [1.29, 1.82) is 0 Å². The number of nitrogens with zero attached hydrogens (tertiary/aromatic N) is 3. The third-order valence-electron chi connectivity index (χ3n) is 18.3. The van der Waals surface area contributed by atoms with Crippen LogP contribution in [0.5, 0.6) is 0 Å². The lowest BCUT2D eigenvalue weighted by atomic mass is 9.91. The summed E-state index contributed by atoms with van der Waals surface area (Å²) in [6, 6.07) is 8.16. The largest absolute Gasteiger partial charge is 0.469 e. The van der Waals surface area contributed by atoms with Crippen molar-refractivity contribution in [3.8, 4) is 0 Å². The minimum Gasteiger partial charge on any atom is -0.469 e. The number of pyridine rings is 2. The zero-order chi connectivity index (χ0) is 91.4. The molecular formula is C96H191F6N3O8S. The molecule has 1 amide bonds. The molecule has 0 atom stereocenters. The third kappa shape index (κ3) is 117. The Balaban J connectivity index is -0.000000129. The van der Waals surface area contributed by atoms with Gasteiger partial charge in [-0.2, -0.15) is 24.9 Å².